The van der Waals surface area contributed by atoms with Crippen LogP contribution < -0.4 is 10.6 Å². The molecule has 0 aliphatic carbocycles. The maximum absolute atomic E-state index is 13.5. The Morgan fingerprint density at radius 1 is 1.26 bits per heavy atom. The number of furan rings is 1. The molecule has 1 aromatic carbocycles. The monoisotopic (exact) mass is 372 g/mol. The molecule has 0 unspecified atom stereocenters. The van der Waals surface area contributed by atoms with Gasteiger partial charge in [0, 0.05) is 23.6 Å². The van der Waals surface area contributed by atoms with Crippen molar-refractivity contribution < 1.29 is 13.3 Å². The Morgan fingerprint density at radius 3 is 2.78 bits per heavy atom. The molecule has 0 saturated carbocycles. The molecule has 0 aliphatic rings. The van der Waals surface area contributed by atoms with Gasteiger partial charge in [0.05, 0.1) is 12.2 Å². The summed E-state index contributed by atoms with van der Waals surface area (Å²) in [6.07, 6.45) is 0. The number of aryl methyl sites for hydroxylation is 1. The molecule has 0 aliphatic heterocycles. The molecule has 2 heterocycles. The van der Waals surface area contributed by atoms with Crippen LogP contribution >= 0.6 is 0 Å². The second-order valence-corrected chi connectivity index (χ2v) is 6.71. The van der Waals surface area contributed by atoms with E-state index in [1.54, 1.807) is 6.07 Å². The van der Waals surface area contributed by atoms with Gasteiger partial charge in [0.15, 0.2) is 11.7 Å². The van der Waals surface area contributed by atoms with E-state index >= 15 is 0 Å². The number of fused-ring (bicyclic) bond motifs is 1. The number of rotatable bonds is 6. The van der Waals surface area contributed by atoms with Crippen LogP contribution in [-0.4, -0.2) is 17.7 Å². The summed E-state index contributed by atoms with van der Waals surface area (Å²) in [4.78, 5) is 4.53. The van der Waals surface area contributed by atoms with Crippen molar-refractivity contribution >= 4 is 16.9 Å². The Hall–Kier alpha value is -2.83. The minimum atomic E-state index is -0.270. The molecular weight excluding hydrogens is 347 g/mol. The first-order valence-corrected chi connectivity index (χ1v) is 9.13. The van der Waals surface area contributed by atoms with Gasteiger partial charge in [0.25, 0.3) is 0 Å². The van der Waals surface area contributed by atoms with Gasteiger partial charge in [0.2, 0.25) is 0 Å². The summed E-state index contributed by atoms with van der Waals surface area (Å²) >= 11 is 0. The summed E-state index contributed by atoms with van der Waals surface area (Å²) in [6.45, 7) is 9.62. The van der Waals surface area contributed by atoms with E-state index in [1.807, 2.05) is 19.9 Å². The summed E-state index contributed by atoms with van der Waals surface area (Å²) in [5, 5.41) is 11.3. The molecule has 2 aromatic heterocycles. The second kappa shape index (κ2) is 8.24. The van der Waals surface area contributed by atoms with E-state index in [0.717, 1.165) is 28.9 Å². The average Bonchev–Trinajstić information content (AvgIpc) is 3.23. The lowest BCUT2D eigenvalue weighted by atomic mass is 10.1. The minimum absolute atomic E-state index is 0.270. The molecule has 144 valence electrons. The van der Waals surface area contributed by atoms with E-state index in [-0.39, 0.29) is 5.82 Å². The fourth-order valence-electron chi connectivity index (χ4n) is 2.75. The fourth-order valence-corrected chi connectivity index (χ4v) is 2.75. The first-order chi connectivity index (χ1) is 13.0. The van der Waals surface area contributed by atoms with Crippen molar-refractivity contribution in [2.24, 2.45) is 4.99 Å². The summed E-state index contributed by atoms with van der Waals surface area (Å²) in [6, 6.07) is 6.47. The summed E-state index contributed by atoms with van der Waals surface area (Å²) in [5.74, 6) is 2.16. The van der Waals surface area contributed by atoms with Gasteiger partial charge in [-0.1, -0.05) is 19.0 Å². The second-order valence-electron chi connectivity index (χ2n) is 6.71. The molecule has 0 fully saturated rings. The smallest absolute Gasteiger partial charge is 0.192 e. The number of nitrogens with zero attached hydrogens (tertiary/aromatic N) is 2. The molecule has 3 aromatic rings. The molecule has 27 heavy (non-hydrogen) atoms. The molecule has 0 atom stereocenters. The van der Waals surface area contributed by atoms with Crippen LogP contribution in [0.5, 0.6) is 0 Å². The van der Waals surface area contributed by atoms with Crippen LogP contribution in [0.25, 0.3) is 11.0 Å². The number of benzene rings is 1. The molecule has 7 heteroatoms. The zero-order valence-electron chi connectivity index (χ0n) is 16.1. The van der Waals surface area contributed by atoms with E-state index in [2.05, 4.69) is 34.6 Å². The van der Waals surface area contributed by atoms with Crippen LogP contribution in [0.3, 0.4) is 0 Å². The maximum Gasteiger partial charge on any atom is 0.192 e. The van der Waals surface area contributed by atoms with Gasteiger partial charge in [-0.3, -0.25) is 0 Å². The van der Waals surface area contributed by atoms with Crippen molar-refractivity contribution in [3.8, 4) is 0 Å². The molecule has 3 rings (SSSR count). The molecular formula is C20H25FN4O2. The fraction of sp³-hybridized carbons (Fsp3) is 0.400. The Morgan fingerprint density at radius 2 is 2.07 bits per heavy atom. The van der Waals surface area contributed by atoms with Crippen LogP contribution in [0.15, 0.2) is 38.2 Å². The third kappa shape index (κ3) is 4.48. The standard InChI is InChI=1S/C20H25FN4O2/c1-5-22-20(23-10-15-9-17(12(2)3)25-27-15)24-11-19-13(4)16-8-14(21)6-7-18(16)26-19/h6-9,12H,5,10-11H2,1-4H3,(H2,22,23,24). The molecule has 6 nitrogen and oxygen atoms in total. The van der Waals surface area contributed by atoms with Gasteiger partial charge < -0.3 is 19.6 Å². The highest BCUT2D eigenvalue weighted by atomic mass is 19.1. The predicted molar refractivity (Wildman–Crippen MR) is 103 cm³/mol. The number of aromatic nitrogens is 1. The lowest BCUT2D eigenvalue weighted by Gasteiger charge is -2.10. The summed E-state index contributed by atoms with van der Waals surface area (Å²) in [7, 11) is 0. The molecule has 0 bridgehead atoms. The predicted octanol–water partition coefficient (Wildman–Crippen LogP) is 4.25. The number of halogens is 1. The molecule has 0 saturated heterocycles. The number of guanidine groups is 1. The van der Waals surface area contributed by atoms with Crippen molar-refractivity contribution in [2.75, 3.05) is 6.54 Å². The van der Waals surface area contributed by atoms with Gasteiger partial charge in [-0.2, -0.15) is 0 Å². The minimum Gasteiger partial charge on any atom is -0.459 e. The van der Waals surface area contributed by atoms with Gasteiger partial charge >= 0.3 is 0 Å². The van der Waals surface area contributed by atoms with Crippen molar-refractivity contribution in [2.45, 2.75) is 46.7 Å². The number of aliphatic imine (C=N–C) groups is 1. The third-order valence-corrected chi connectivity index (χ3v) is 4.32. The average molecular weight is 372 g/mol. The van der Waals surface area contributed by atoms with Crippen molar-refractivity contribution in [3.05, 3.63) is 52.9 Å². The van der Waals surface area contributed by atoms with E-state index in [4.69, 9.17) is 8.94 Å². The zero-order valence-corrected chi connectivity index (χ0v) is 16.1. The van der Waals surface area contributed by atoms with Crippen LogP contribution in [0, 0.1) is 12.7 Å². The highest BCUT2D eigenvalue weighted by Crippen LogP contribution is 2.25. The van der Waals surface area contributed by atoms with Crippen molar-refractivity contribution in [1.29, 1.82) is 0 Å². The Labute approximate surface area is 157 Å². The summed E-state index contributed by atoms with van der Waals surface area (Å²) in [5.41, 5.74) is 2.52. The molecule has 2 N–H and O–H groups in total. The Kier molecular flexibility index (Phi) is 5.78. The third-order valence-electron chi connectivity index (χ3n) is 4.32. The van der Waals surface area contributed by atoms with E-state index in [9.17, 15) is 4.39 Å². The Bertz CT molecular complexity index is 943. The van der Waals surface area contributed by atoms with Gasteiger partial charge in [0.1, 0.15) is 23.7 Å². The normalized spacial score (nSPS) is 12.1. The topological polar surface area (TPSA) is 75.6 Å². The molecule has 0 amide bonds. The number of hydrogen-bond acceptors (Lipinski definition) is 4. The lowest BCUT2D eigenvalue weighted by Crippen LogP contribution is -2.36. The van der Waals surface area contributed by atoms with Crippen LogP contribution in [-0.2, 0) is 13.1 Å². The van der Waals surface area contributed by atoms with E-state index in [1.165, 1.54) is 12.1 Å². The number of hydrogen-bond donors (Lipinski definition) is 2. The van der Waals surface area contributed by atoms with E-state index in [0.29, 0.717) is 36.3 Å². The summed E-state index contributed by atoms with van der Waals surface area (Å²) < 4.78 is 24.6. The molecule has 0 spiro atoms. The van der Waals surface area contributed by atoms with Gasteiger partial charge in [-0.25, -0.2) is 9.38 Å². The number of nitrogens with one attached hydrogen (secondary N) is 2. The van der Waals surface area contributed by atoms with E-state index < -0.39 is 0 Å². The SMILES string of the molecule is CCNC(=NCc1cc(C(C)C)no1)NCc1oc2ccc(F)cc2c1C. The first-order valence-electron chi connectivity index (χ1n) is 9.13. The quantitative estimate of drug-likeness (QED) is 0.500. The lowest BCUT2D eigenvalue weighted by molar-refractivity contribution is 0.376. The highest BCUT2D eigenvalue weighted by Gasteiger charge is 2.12. The molecule has 0 radical (unpaired) electrons. The van der Waals surface area contributed by atoms with Crippen LogP contribution in [0.2, 0.25) is 0 Å². The first kappa shape index (κ1) is 18.9. The van der Waals surface area contributed by atoms with Gasteiger partial charge in [-0.05, 0) is 38.0 Å². The van der Waals surface area contributed by atoms with Crippen LogP contribution in [0.1, 0.15) is 49.5 Å². The van der Waals surface area contributed by atoms with Crippen molar-refractivity contribution in [1.82, 2.24) is 15.8 Å². The highest BCUT2D eigenvalue weighted by molar-refractivity contribution is 5.83. The van der Waals surface area contributed by atoms with Crippen molar-refractivity contribution in [3.63, 3.8) is 0 Å². The van der Waals surface area contributed by atoms with Gasteiger partial charge in [-0.15, -0.1) is 0 Å². The van der Waals surface area contributed by atoms with Crippen LogP contribution in [0.4, 0.5) is 4.39 Å². The Balaban J connectivity index is 1.69. The largest absolute Gasteiger partial charge is 0.459 e. The zero-order chi connectivity index (χ0) is 19.4. The maximum atomic E-state index is 13.5.